The van der Waals surface area contributed by atoms with Gasteiger partial charge in [-0.05, 0) is 77.6 Å². The average Bonchev–Trinajstić information content (AvgIpc) is 3.99. The Morgan fingerprint density at radius 2 is 1.72 bits per heavy atom. The Labute approximate surface area is 377 Å². The minimum atomic E-state index is -0.651. The maximum atomic E-state index is 13.8. The SMILES string of the molecule is CCc1nc(C)sc1C(=O)Nc1nc2cc(C(N)=O)cc(OC)c2n1C/C=C/Cn1c2nc(-c3nc(C)nn3C)ncc2c2cc(C=O)cc(OCCC3CN(C(=O)OC(C)(C)C)C3)c21. The number of rotatable bonds is 15. The molecule has 0 atom stereocenters. The highest BCUT2D eigenvalue weighted by atomic mass is 32.1. The predicted octanol–water partition coefficient (Wildman–Crippen LogP) is 6.43. The average molecular weight is 903 g/mol. The topological polar surface area (TPSA) is 229 Å². The van der Waals surface area contributed by atoms with Crippen molar-refractivity contribution in [1.29, 1.82) is 0 Å². The van der Waals surface area contributed by atoms with Crippen LogP contribution in [-0.2, 0) is 31.3 Å². The Hall–Kier alpha value is -7.22. The number of allylic oxidation sites excluding steroid dienone is 2. The van der Waals surface area contributed by atoms with Crippen molar-refractivity contribution in [2.24, 2.45) is 18.7 Å². The van der Waals surface area contributed by atoms with E-state index in [2.05, 4.69) is 25.4 Å². The van der Waals surface area contributed by atoms with Crippen LogP contribution >= 0.6 is 11.3 Å². The summed E-state index contributed by atoms with van der Waals surface area (Å²) in [5.74, 6) is 1.69. The van der Waals surface area contributed by atoms with E-state index in [1.165, 1.54) is 18.4 Å². The number of anilines is 1. The molecule has 3 amide bonds. The molecule has 0 radical (unpaired) electrons. The lowest BCUT2D eigenvalue weighted by Crippen LogP contribution is -2.51. The number of likely N-dealkylation sites (tertiary alicyclic amines) is 1. The van der Waals surface area contributed by atoms with Gasteiger partial charge in [0, 0.05) is 61.3 Å². The number of carbonyl (C=O) groups is 4. The zero-order valence-electron chi connectivity index (χ0n) is 37.5. The Bertz CT molecular complexity index is 3040. The molecule has 3 N–H and O–H groups in total. The first-order valence-electron chi connectivity index (χ1n) is 21.1. The van der Waals surface area contributed by atoms with Crippen LogP contribution in [0.2, 0.25) is 0 Å². The summed E-state index contributed by atoms with van der Waals surface area (Å²) in [6.45, 7) is 13.1. The molecule has 0 spiro atoms. The fourth-order valence-corrected chi connectivity index (χ4v) is 8.83. The van der Waals surface area contributed by atoms with E-state index in [0.717, 1.165) is 16.7 Å². The lowest BCUT2D eigenvalue weighted by atomic mass is 9.97. The van der Waals surface area contributed by atoms with E-state index in [1.54, 1.807) is 58.6 Å². The molecule has 0 saturated carbocycles. The van der Waals surface area contributed by atoms with E-state index >= 15 is 0 Å². The second kappa shape index (κ2) is 17.7. The Balaban J connectivity index is 1.15. The van der Waals surface area contributed by atoms with Crippen LogP contribution in [0.25, 0.3) is 44.6 Å². The van der Waals surface area contributed by atoms with E-state index in [1.807, 2.05) is 51.3 Å². The number of imidazole rings is 1. The zero-order chi connectivity index (χ0) is 46.3. The lowest BCUT2D eigenvalue weighted by molar-refractivity contribution is -0.00383. The van der Waals surface area contributed by atoms with Crippen molar-refractivity contribution >= 4 is 74.4 Å². The molecule has 19 nitrogen and oxygen atoms in total. The first kappa shape index (κ1) is 44.4. The van der Waals surface area contributed by atoms with Gasteiger partial charge in [-0.3, -0.25) is 19.7 Å². The number of benzene rings is 2. The molecule has 338 valence electrons. The molecule has 2 aromatic carbocycles. The van der Waals surface area contributed by atoms with Gasteiger partial charge < -0.3 is 34.0 Å². The van der Waals surface area contributed by atoms with Crippen molar-refractivity contribution in [3.05, 3.63) is 75.1 Å². The fraction of sp³-hybridized carbons (Fsp3) is 0.378. The van der Waals surface area contributed by atoms with Gasteiger partial charge in [0.15, 0.2) is 11.6 Å². The van der Waals surface area contributed by atoms with Crippen LogP contribution in [0.15, 0.2) is 42.6 Å². The van der Waals surface area contributed by atoms with Gasteiger partial charge in [-0.25, -0.2) is 34.4 Å². The van der Waals surface area contributed by atoms with Gasteiger partial charge in [0.25, 0.3) is 5.91 Å². The number of carbonyl (C=O) groups excluding carboxylic acids is 4. The third-order valence-electron chi connectivity index (χ3n) is 10.9. The summed E-state index contributed by atoms with van der Waals surface area (Å²) in [6, 6.07) is 6.63. The minimum Gasteiger partial charge on any atom is -0.494 e. The zero-order valence-corrected chi connectivity index (χ0v) is 38.3. The van der Waals surface area contributed by atoms with Gasteiger partial charge in [-0.2, -0.15) is 5.10 Å². The van der Waals surface area contributed by atoms with Crippen LogP contribution in [0.5, 0.6) is 11.5 Å². The van der Waals surface area contributed by atoms with E-state index in [0.29, 0.717) is 105 Å². The summed E-state index contributed by atoms with van der Waals surface area (Å²) in [5, 5.41) is 9.56. The number of aryl methyl sites for hydroxylation is 4. The second-order valence-electron chi connectivity index (χ2n) is 16.8. The third kappa shape index (κ3) is 8.98. The predicted molar refractivity (Wildman–Crippen MR) is 245 cm³/mol. The molecule has 20 heteroatoms. The fourth-order valence-electron chi connectivity index (χ4n) is 7.93. The quantitative estimate of drug-likeness (QED) is 0.0836. The number of hydrogen-bond acceptors (Lipinski definition) is 14. The highest BCUT2D eigenvalue weighted by Gasteiger charge is 2.33. The van der Waals surface area contributed by atoms with Crippen LogP contribution in [0, 0.1) is 19.8 Å². The van der Waals surface area contributed by atoms with Crippen LogP contribution in [-0.4, -0.2) is 105 Å². The molecular weight excluding hydrogens is 853 g/mol. The molecule has 6 heterocycles. The maximum Gasteiger partial charge on any atom is 0.410 e. The molecule has 5 aromatic heterocycles. The van der Waals surface area contributed by atoms with Gasteiger partial charge in [-0.15, -0.1) is 11.3 Å². The van der Waals surface area contributed by atoms with Crippen LogP contribution in [0.4, 0.5) is 10.7 Å². The number of aldehydes is 1. The molecule has 8 rings (SSSR count). The van der Waals surface area contributed by atoms with Crippen molar-refractivity contribution in [3.8, 4) is 23.1 Å². The summed E-state index contributed by atoms with van der Waals surface area (Å²) >= 11 is 1.30. The standard InChI is InChI=1S/C45H50N12O7S/c1-9-31-37(65-25(3)49-31)42(60)52-43-50-32-18-28(38(46)59)19-33(62-8)36(32)57(43)14-11-10-13-56-35-29(30-20-47-39(51-40(30)56)41-48-24(2)53-54(41)7)16-27(23-58)17-34(35)63-15-12-26-21-55(22-26)44(61)64-45(4,5)6/h10-11,16-20,23,26H,9,12-15,21-22H2,1-8H3,(H2,46,59)(H,50,52,60)/b11-10+. The van der Waals surface area contributed by atoms with Crippen molar-refractivity contribution < 1.29 is 33.4 Å². The monoisotopic (exact) mass is 902 g/mol. The molecular formula is C45H50N12O7S. The van der Waals surface area contributed by atoms with Gasteiger partial charge in [-0.1, -0.05) is 19.1 Å². The summed E-state index contributed by atoms with van der Waals surface area (Å²) < 4.78 is 23.2. The van der Waals surface area contributed by atoms with Gasteiger partial charge in [0.1, 0.15) is 45.3 Å². The molecule has 0 bridgehead atoms. The number of methoxy groups -OCH3 is 1. The number of aromatic nitrogens is 9. The largest absolute Gasteiger partial charge is 0.494 e. The number of ether oxygens (including phenoxy) is 3. The van der Waals surface area contributed by atoms with E-state index in [4.69, 9.17) is 29.9 Å². The van der Waals surface area contributed by atoms with Crippen LogP contribution in [0.1, 0.15) is 81.0 Å². The summed E-state index contributed by atoms with van der Waals surface area (Å²) in [7, 11) is 3.26. The molecule has 65 heavy (non-hydrogen) atoms. The molecule has 1 aliphatic heterocycles. The third-order valence-corrected chi connectivity index (χ3v) is 11.9. The van der Waals surface area contributed by atoms with Crippen molar-refractivity contribution in [2.75, 3.05) is 32.1 Å². The molecule has 7 aromatic rings. The van der Waals surface area contributed by atoms with Gasteiger partial charge in [0.2, 0.25) is 11.9 Å². The molecule has 1 aliphatic rings. The lowest BCUT2D eigenvalue weighted by Gasteiger charge is -2.39. The smallest absolute Gasteiger partial charge is 0.410 e. The number of amides is 3. The Morgan fingerprint density at radius 3 is 2.38 bits per heavy atom. The Morgan fingerprint density at radius 1 is 0.969 bits per heavy atom. The number of thiazole rings is 1. The van der Waals surface area contributed by atoms with E-state index in [9.17, 15) is 19.2 Å². The van der Waals surface area contributed by atoms with Crippen molar-refractivity contribution in [1.82, 2.24) is 48.7 Å². The maximum absolute atomic E-state index is 13.8. The number of hydrogen-bond donors (Lipinski definition) is 2. The summed E-state index contributed by atoms with van der Waals surface area (Å²) in [5.41, 5.74) is 8.61. The van der Waals surface area contributed by atoms with E-state index in [-0.39, 0.29) is 42.5 Å². The molecule has 1 saturated heterocycles. The normalized spacial score (nSPS) is 13.3. The molecule has 1 fully saturated rings. The number of nitrogens with two attached hydrogens (primary N) is 1. The highest BCUT2D eigenvalue weighted by Crippen LogP contribution is 2.37. The number of primary amides is 1. The molecule has 0 aliphatic carbocycles. The van der Waals surface area contributed by atoms with Crippen LogP contribution in [0.3, 0.4) is 0 Å². The van der Waals surface area contributed by atoms with Crippen molar-refractivity contribution in [2.45, 2.75) is 73.1 Å². The summed E-state index contributed by atoms with van der Waals surface area (Å²) in [4.78, 5) is 76.6. The Kier molecular flexibility index (Phi) is 12.1. The van der Waals surface area contributed by atoms with Crippen molar-refractivity contribution in [3.63, 3.8) is 0 Å². The highest BCUT2D eigenvalue weighted by molar-refractivity contribution is 7.13. The number of nitrogens with zero attached hydrogens (tertiary/aromatic N) is 10. The first-order valence-corrected chi connectivity index (χ1v) is 21.9. The number of fused-ring (bicyclic) bond motifs is 4. The van der Waals surface area contributed by atoms with Gasteiger partial charge in [0.05, 0.1) is 35.5 Å². The second-order valence-corrected chi connectivity index (χ2v) is 18.0. The minimum absolute atomic E-state index is 0.203. The first-order chi connectivity index (χ1) is 31.0. The van der Waals surface area contributed by atoms with E-state index < -0.39 is 11.5 Å². The summed E-state index contributed by atoms with van der Waals surface area (Å²) in [6.07, 6.45) is 7.29. The van der Waals surface area contributed by atoms with Crippen LogP contribution < -0.4 is 20.5 Å². The number of nitrogens with one attached hydrogen (secondary N) is 1. The van der Waals surface area contributed by atoms with Gasteiger partial charge >= 0.3 is 6.09 Å². The molecule has 0 unspecified atom stereocenters.